The number of nitrogens with zero attached hydrogens (tertiary/aromatic N) is 1. The third kappa shape index (κ3) is 5.42. The summed E-state index contributed by atoms with van der Waals surface area (Å²) in [4.78, 5) is 25.6. The van der Waals surface area contributed by atoms with E-state index in [9.17, 15) is 19.1 Å². The molecule has 0 aromatic heterocycles. The number of halogens is 1. The van der Waals surface area contributed by atoms with E-state index in [0.29, 0.717) is 17.1 Å². The summed E-state index contributed by atoms with van der Waals surface area (Å²) in [5.41, 5.74) is 1.95. The van der Waals surface area contributed by atoms with E-state index in [4.69, 9.17) is 4.74 Å². The molecule has 0 aliphatic heterocycles. The van der Waals surface area contributed by atoms with E-state index in [-0.39, 0.29) is 12.1 Å². The fourth-order valence-corrected chi connectivity index (χ4v) is 2.81. The van der Waals surface area contributed by atoms with Gasteiger partial charge in [-0.25, -0.2) is 4.39 Å². The molecule has 0 aliphatic rings. The van der Waals surface area contributed by atoms with Gasteiger partial charge in [0.15, 0.2) is 0 Å². The molecule has 0 radical (unpaired) electrons. The number of carbonyl (C=O) groups excluding carboxylic acids is 1. The number of carbonyl (C=O) groups is 2. The first-order valence-electron chi connectivity index (χ1n) is 9.01. The summed E-state index contributed by atoms with van der Waals surface area (Å²) in [7, 11) is 0. The molecule has 0 unspecified atom stereocenters. The lowest BCUT2D eigenvalue weighted by Gasteiger charge is -2.22. The molecule has 0 spiro atoms. The van der Waals surface area contributed by atoms with E-state index in [1.165, 1.54) is 29.2 Å². The highest BCUT2D eigenvalue weighted by Gasteiger charge is 2.22. The molecule has 0 saturated carbocycles. The van der Waals surface area contributed by atoms with Crippen LogP contribution in [-0.4, -0.2) is 28.4 Å². The van der Waals surface area contributed by atoms with Crippen LogP contribution in [0.2, 0.25) is 0 Å². The molecule has 5 nitrogen and oxygen atoms in total. The third-order valence-electron chi connectivity index (χ3n) is 4.27. The van der Waals surface area contributed by atoms with E-state index < -0.39 is 24.2 Å². The lowest BCUT2D eigenvalue weighted by Crippen LogP contribution is -2.35. The van der Waals surface area contributed by atoms with Crippen LogP contribution >= 0.6 is 0 Å². The maximum absolute atomic E-state index is 13.2. The molecule has 1 amide bonds. The second kappa shape index (κ2) is 9.01. The molecule has 3 aromatic rings. The molecular weight excluding hydrogens is 373 g/mol. The van der Waals surface area contributed by atoms with Crippen molar-refractivity contribution >= 4 is 11.9 Å². The van der Waals surface area contributed by atoms with E-state index in [1.54, 1.807) is 36.4 Å². The molecule has 3 aromatic carbocycles. The van der Waals surface area contributed by atoms with Crippen molar-refractivity contribution in [2.75, 3.05) is 6.54 Å². The van der Waals surface area contributed by atoms with E-state index >= 15 is 0 Å². The van der Waals surface area contributed by atoms with Gasteiger partial charge in [0.1, 0.15) is 23.9 Å². The van der Waals surface area contributed by atoms with E-state index in [1.807, 2.05) is 19.1 Å². The van der Waals surface area contributed by atoms with Crippen LogP contribution in [0.3, 0.4) is 0 Å². The molecule has 29 heavy (non-hydrogen) atoms. The quantitative estimate of drug-likeness (QED) is 0.634. The molecular formula is C23H20FNO4. The van der Waals surface area contributed by atoms with Crippen LogP contribution in [0.25, 0.3) is 0 Å². The number of carboxylic acid groups (broad SMARTS) is 1. The Morgan fingerprint density at radius 1 is 0.966 bits per heavy atom. The summed E-state index contributed by atoms with van der Waals surface area (Å²) in [5, 5.41) is 9.25. The Morgan fingerprint density at radius 2 is 1.62 bits per heavy atom. The zero-order valence-corrected chi connectivity index (χ0v) is 15.8. The average Bonchev–Trinajstić information content (AvgIpc) is 2.70. The van der Waals surface area contributed by atoms with Crippen molar-refractivity contribution in [2.24, 2.45) is 0 Å². The molecule has 148 valence electrons. The highest BCUT2D eigenvalue weighted by Crippen LogP contribution is 2.27. The number of carboxylic acids is 1. The van der Waals surface area contributed by atoms with Crippen LogP contribution < -0.4 is 4.74 Å². The van der Waals surface area contributed by atoms with Crippen molar-refractivity contribution in [1.29, 1.82) is 0 Å². The maximum atomic E-state index is 13.2. The second-order valence-electron chi connectivity index (χ2n) is 6.59. The van der Waals surface area contributed by atoms with Gasteiger partial charge in [0.2, 0.25) is 0 Å². The Kier molecular flexibility index (Phi) is 6.24. The monoisotopic (exact) mass is 393 g/mol. The van der Waals surface area contributed by atoms with E-state index in [0.717, 1.165) is 5.56 Å². The number of benzene rings is 3. The predicted molar refractivity (Wildman–Crippen MR) is 106 cm³/mol. The molecule has 3 rings (SSSR count). The van der Waals surface area contributed by atoms with Crippen molar-refractivity contribution in [3.05, 3.63) is 95.3 Å². The Morgan fingerprint density at radius 3 is 2.28 bits per heavy atom. The van der Waals surface area contributed by atoms with Crippen LogP contribution in [0.4, 0.5) is 4.39 Å². The fraction of sp³-hybridized carbons (Fsp3) is 0.130. The Bertz CT molecular complexity index is 1000. The molecule has 0 atom stereocenters. The van der Waals surface area contributed by atoms with Crippen molar-refractivity contribution in [1.82, 2.24) is 4.90 Å². The van der Waals surface area contributed by atoms with Gasteiger partial charge >= 0.3 is 5.97 Å². The second-order valence-corrected chi connectivity index (χ2v) is 6.59. The van der Waals surface area contributed by atoms with Gasteiger partial charge in [0, 0.05) is 6.54 Å². The Hall–Kier alpha value is -3.67. The number of rotatable bonds is 7. The highest BCUT2D eigenvalue weighted by molar-refractivity contribution is 5.98. The summed E-state index contributed by atoms with van der Waals surface area (Å²) in [6.45, 7) is 1.50. The number of ether oxygens (including phenoxy) is 1. The van der Waals surface area contributed by atoms with Gasteiger partial charge < -0.3 is 14.7 Å². The minimum absolute atomic E-state index is 0.0320. The first-order valence-corrected chi connectivity index (χ1v) is 9.01. The van der Waals surface area contributed by atoms with Gasteiger partial charge in [-0.1, -0.05) is 42.0 Å². The summed E-state index contributed by atoms with van der Waals surface area (Å²) in [6, 6.07) is 19.6. The molecule has 1 N–H and O–H groups in total. The van der Waals surface area contributed by atoms with Crippen LogP contribution in [0, 0.1) is 12.7 Å². The number of para-hydroxylation sites is 1. The smallest absolute Gasteiger partial charge is 0.323 e. The van der Waals surface area contributed by atoms with Crippen molar-refractivity contribution in [3.63, 3.8) is 0 Å². The fourth-order valence-electron chi connectivity index (χ4n) is 2.81. The van der Waals surface area contributed by atoms with Crippen LogP contribution in [0.1, 0.15) is 21.5 Å². The summed E-state index contributed by atoms with van der Waals surface area (Å²) < 4.78 is 19.0. The minimum atomic E-state index is -1.14. The van der Waals surface area contributed by atoms with E-state index in [2.05, 4.69) is 0 Å². The highest BCUT2D eigenvalue weighted by atomic mass is 19.1. The van der Waals surface area contributed by atoms with Crippen LogP contribution in [0.15, 0.2) is 72.8 Å². The predicted octanol–water partition coefficient (Wildman–Crippen LogP) is 4.65. The zero-order chi connectivity index (χ0) is 20.8. The van der Waals surface area contributed by atoms with Gasteiger partial charge in [0.25, 0.3) is 5.91 Å². The first-order chi connectivity index (χ1) is 13.9. The van der Waals surface area contributed by atoms with Crippen LogP contribution in [-0.2, 0) is 11.3 Å². The number of hydrogen-bond donors (Lipinski definition) is 1. The van der Waals surface area contributed by atoms with Gasteiger partial charge in [-0.05, 0) is 48.9 Å². The summed E-state index contributed by atoms with van der Waals surface area (Å²) in [5.74, 6) is -1.13. The maximum Gasteiger partial charge on any atom is 0.323 e. The van der Waals surface area contributed by atoms with Gasteiger partial charge in [0.05, 0.1) is 5.56 Å². The number of aryl methyl sites for hydroxylation is 1. The van der Waals surface area contributed by atoms with Crippen LogP contribution in [0.5, 0.6) is 11.5 Å². The first kappa shape index (κ1) is 20.1. The molecule has 0 bridgehead atoms. The standard InChI is InChI=1S/C23H20FNO4/c1-16-6-12-19(13-7-16)29-21-5-3-2-4-20(21)23(28)25(15-22(26)27)14-17-8-10-18(24)11-9-17/h2-13H,14-15H2,1H3,(H,26,27). The minimum Gasteiger partial charge on any atom is -0.480 e. The molecule has 0 aliphatic carbocycles. The topological polar surface area (TPSA) is 66.8 Å². The summed E-state index contributed by atoms with van der Waals surface area (Å²) in [6.07, 6.45) is 0. The van der Waals surface area contributed by atoms with Crippen molar-refractivity contribution < 1.29 is 23.8 Å². The van der Waals surface area contributed by atoms with Crippen molar-refractivity contribution in [2.45, 2.75) is 13.5 Å². The van der Waals surface area contributed by atoms with Gasteiger partial charge in [-0.2, -0.15) is 0 Å². The Balaban J connectivity index is 1.87. The molecule has 0 heterocycles. The SMILES string of the molecule is Cc1ccc(Oc2ccccc2C(=O)N(CC(=O)O)Cc2ccc(F)cc2)cc1. The average molecular weight is 393 g/mol. The number of hydrogen-bond acceptors (Lipinski definition) is 3. The Labute approximate surface area is 168 Å². The normalized spacial score (nSPS) is 10.4. The molecule has 0 saturated heterocycles. The molecule has 6 heteroatoms. The van der Waals surface area contributed by atoms with Gasteiger partial charge in [-0.15, -0.1) is 0 Å². The van der Waals surface area contributed by atoms with Crippen molar-refractivity contribution in [3.8, 4) is 11.5 Å². The lowest BCUT2D eigenvalue weighted by atomic mass is 10.1. The zero-order valence-electron chi connectivity index (χ0n) is 15.8. The third-order valence-corrected chi connectivity index (χ3v) is 4.27. The summed E-state index contributed by atoms with van der Waals surface area (Å²) >= 11 is 0. The number of aliphatic carboxylic acids is 1. The largest absolute Gasteiger partial charge is 0.480 e. The lowest BCUT2D eigenvalue weighted by molar-refractivity contribution is -0.137. The number of amides is 1. The molecule has 0 fully saturated rings. The van der Waals surface area contributed by atoms with Gasteiger partial charge in [-0.3, -0.25) is 9.59 Å².